The van der Waals surface area contributed by atoms with Crippen LogP contribution in [0.1, 0.15) is 16.2 Å². The van der Waals surface area contributed by atoms with Crippen LogP contribution in [0.2, 0.25) is 0 Å². The lowest BCUT2D eigenvalue weighted by Gasteiger charge is -2.15. The van der Waals surface area contributed by atoms with Crippen LogP contribution in [0, 0.1) is 12.7 Å². The van der Waals surface area contributed by atoms with E-state index in [9.17, 15) is 13.6 Å². The van der Waals surface area contributed by atoms with Crippen molar-refractivity contribution in [2.24, 2.45) is 5.73 Å². The summed E-state index contributed by atoms with van der Waals surface area (Å²) in [6, 6.07) is 0.625. The Hall–Kier alpha value is -3.14. The van der Waals surface area contributed by atoms with E-state index in [1.54, 1.807) is 24.2 Å². The van der Waals surface area contributed by atoms with E-state index >= 15 is 0 Å². The van der Waals surface area contributed by atoms with Crippen LogP contribution < -0.4 is 16.0 Å². The summed E-state index contributed by atoms with van der Waals surface area (Å²) in [4.78, 5) is 26.3. The number of carbonyl (C=O) groups excluding carboxylic acids is 1. The van der Waals surface area contributed by atoms with Crippen LogP contribution in [-0.2, 0) is 0 Å². The number of hydrogen-bond acceptors (Lipinski definition) is 6. The normalized spacial score (nSPS) is 19.6. The molecule has 1 saturated heterocycles. The number of aryl methyl sites for hydroxylation is 1. The number of aromatic nitrogens is 4. The van der Waals surface area contributed by atoms with Crippen molar-refractivity contribution < 1.29 is 13.6 Å². The van der Waals surface area contributed by atoms with Crippen LogP contribution in [0.25, 0.3) is 5.65 Å². The van der Waals surface area contributed by atoms with Crippen LogP contribution in [-0.4, -0.2) is 50.6 Å². The van der Waals surface area contributed by atoms with E-state index in [4.69, 9.17) is 5.73 Å². The largest absolute Gasteiger partial charge is 0.351 e. The van der Waals surface area contributed by atoms with Crippen LogP contribution in [0.15, 0.2) is 30.9 Å². The Labute approximate surface area is 153 Å². The van der Waals surface area contributed by atoms with Crippen molar-refractivity contribution in [3.05, 3.63) is 48.1 Å². The van der Waals surface area contributed by atoms with E-state index in [2.05, 4.69) is 20.3 Å². The van der Waals surface area contributed by atoms with Gasteiger partial charge in [0.15, 0.2) is 11.5 Å². The van der Waals surface area contributed by atoms with Crippen molar-refractivity contribution in [3.63, 3.8) is 0 Å². The Morgan fingerprint density at radius 3 is 2.78 bits per heavy atom. The molecule has 10 heteroatoms. The van der Waals surface area contributed by atoms with Gasteiger partial charge in [0.25, 0.3) is 5.91 Å². The van der Waals surface area contributed by atoms with Crippen LogP contribution in [0.4, 0.5) is 20.3 Å². The molecule has 0 saturated carbocycles. The maximum atomic E-state index is 14.1. The van der Waals surface area contributed by atoms with Gasteiger partial charge in [0.2, 0.25) is 0 Å². The first kappa shape index (κ1) is 17.3. The molecule has 3 N–H and O–H groups in total. The summed E-state index contributed by atoms with van der Waals surface area (Å²) >= 11 is 0. The van der Waals surface area contributed by atoms with Gasteiger partial charge in [-0.2, -0.15) is 0 Å². The summed E-state index contributed by atoms with van der Waals surface area (Å²) in [7, 11) is 0. The second kappa shape index (κ2) is 6.54. The summed E-state index contributed by atoms with van der Waals surface area (Å²) in [5.74, 6) is -0.636. The molecule has 0 aliphatic carbocycles. The monoisotopic (exact) mass is 373 g/mol. The smallest absolute Gasteiger partial charge is 0.275 e. The van der Waals surface area contributed by atoms with Gasteiger partial charge in [-0.1, -0.05) is 0 Å². The molecule has 1 fully saturated rings. The molecule has 0 aromatic carbocycles. The average molecular weight is 373 g/mol. The van der Waals surface area contributed by atoms with Crippen molar-refractivity contribution in [2.45, 2.75) is 19.1 Å². The highest BCUT2D eigenvalue weighted by molar-refractivity contribution is 6.02. The van der Waals surface area contributed by atoms with Gasteiger partial charge in [0.05, 0.1) is 36.4 Å². The number of pyridine rings is 1. The molecule has 3 aromatic rings. The average Bonchev–Trinajstić information content (AvgIpc) is 3.17. The third-order valence-corrected chi connectivity index (χ3v) is 4.37. The molecule has 0 bridgehead atoms. The van der Waals surface area contributed by atoms with Crippen LogP contribution in [0.3, 0.4) is 0 Å². The van der Waals surface area contributed by atoms with Gasteiger partial charge in [0.1, 0.15) is 17.7 Å². The number of fused-ring (bicyclic) bond motifs is 1. The molecule has 8 nitrogen and oxygen atoms in total. The van der Waals surface area contributed by atoms with Gasteiger partial charge in [-0.15, -0.1) is 0 Å². The highest BCUT2D eigenvalue weighted by Crippen LogP contribution is 2.19. The number of alkyl halides is 1. The standard InChI is InChI=1S/C17H17F2N7O/c1-9-5-26-6-10(2-11(18)16(26)23-9)24-17(27)14-3-22-15(4-21-14)25-7-12(19)13(20)8-25/h2-6,12-13H,7-8,20H2,1H3,(H,24,27). The molecule has 0 spiro atoms. The molecular weight excluding hydrogens is 356 g/mol. The minimum atomic E-state index is -1.12. The molecular formula is C17H17F2N7O. The second-order valence-corrected chi connectivity index (χ2v) is 6.49. The number of carbonyl (C=O) groups is 1. The molecule has 1 amide bonds. The van der Waals surface area contributed by atoms with Crippen LogP contribution >= 0.6 is 0 Å². The predicted octanol–water partition coefficient (Wildman–Crippen LogP) is 1.31. The van der Waals surface area contributed by atoms with E-state index < -0.39 is 23.9 Å². The number of nitrogens with zero attached hydrogens (tertiary/aromatic N) is 5. The first-order valence-electron chi connectivity index (χ1n) is 8.33. The third kappa shape index (κ3) is 3.31. The molecule has 4 rings (SSSR count). The highest BCUT2D eigenvalue weighted by Gasteiger charge is 2.30. The van der Waals surface area contributed by atoms with Crippen molar-refractivity contribution >= 4 is 23.1 Å². The Kier molecular flexibility index (Phi) is 4.19. The van der Waals surface area contributed by atoms with Crippen molar-refractivity contribution in [3.8, 4) is 0 Å². The zero-order valence-electron chi connectivity index (χ0n) is 14.4. The Morgan fingerprint density at radius 1 is 1.30 bits per heavy atom. The second-order valence-electron chi connectivity index (χ2n) is 6.49. The number of imidazole rings is 1. The fourth-order valence-corrected chi connectivity index (χ4v) is 3.02. The van der Waals surface area contributed by atoms with E-state index in [0.717, 1.165) is 0 Å². The van der Waals surface area contributed by atoms with Crippen LogP contribution in [0.5, 0.6) is 0 Å². The minimum Gasteiger partial charge on any atom is -0.351 e. The summed E-state index contributed by atoms with van der Waals surface area (Å²) in [5.41, 5.74) is 6.82. The van der Waals surface area contributed by atoms with Crippen molar-refractivity contribution in [1.82, 2.24) is 19.4 Å². The molecule has 140 valence electrons. The molecule has 2 unspecified atom stereocenters. The maximum absolute atomic E-state index is 14.1. The number of nitrogens with one attached hydrogen (secondary N) is 1. The minimum absolute atomic E-state index is 0.0568. The summed E-state index contributed by atoms with van der Waals surface area (Å²) in [6.07, 6.45) is 4.78. The Balaban J connectivity index is 1.50. The molecule has 2 atom stereocenters. The predicted molar refractivity (Wildman–Crippen MR) is 95.0 cm³/mol. The van der Waals surface area contributed by atoms with Crippen molar-refractivity contribution in [1.29, 1.82) is 0 Å². The van der Waals surface area contributed by atoms with Gasteiger partial charge >= 0.3 is 0 Å². The zero-order chi connectivity index (χ0) is 19.1. The lowest BCUT2D eigenvalue weighted by molar-refractivity contribution is 0.102. The summed E-state index contributed by atoms with van der Waals surface area (Å²) in [6.45, 7) is 2.23. The lowest BCUT2D eigenvalue weighted by Crippen LogP contribution is -2.30. The highest BCUT2D eigenvalue weighted by atomic mass is 19.1. The molecule has 27 heavy (non-hydrogen) atoms. The molecule has 0 radical (unpaired) electrons. The van der Waals surface area contributed by atoms with Gasteiger partial charge < -0.3 is 20.4 Å². The third-order valence-electron chi connectivity index (χ3n) is 4.37. The van der Waals surface area contributed by atoms with Gasteiger partial charge in [-0.3, -0.25) is 4.79 Å². The number of nitrogens with two attached hydrogens (primary N) is 1. The van der Waals surface area contributed by atoms with E-state index in [1.807, 2.05) is 0 Å². The number of halogens is 2. The SMILES string of the molecule is Cc1cn2cc(NC(=O)c3cnc(N4CC(N)C(F)C4)cn3)cc(F)c2n1. The number of anilines is 2. The molecule has 4 heterocycles. The zero-order valence-corrected chi connectivity index (χ0v) is 14.4. The quantitative estimate of drug-likeness (QED) is 0.718. The topological polar surface area (TPSA) is 101 Å². The molecule has 1 aliphatic heterocycles. The Bertz CT molecular complexity index is 994. The van der Waals surface area contributed by atoms with E-state index in [-0.39, 0.29) is 23.6 Å². The first-order chi connectivity index (χ1) is 12.9. The maximum Gasteiger partial charge on any atom is 0.275 e. The number of amides is 1. The molecule has 3 aromatic heterocycles. The summed E-state index contributed by atoms with van der Waals surface area (Å²) < 4.78 is 29.1. The fraction of sp³-hybridized carbons (Fsp3) is 0.294. The first-order valence-corrected chi connectivity index (χ1v) is 8.33. The number of hydrogen-bond donors (Lipinski definition) is 2. The van der Waals surface area contributed by atoms with Gasteiger partial charge in [-0.05, 0) is 6.92 Å². The Morgan fingerprint density at radius 2 is 2.11 bits per heavy atom. The van der Waals surface area contributed by atoms with E-state index in [0.29, 0.717) is 18.1 Å². The van der Waals surface area contributed by atoms with Gasteiger partial charge in [-0.25, -0.2) is 23.7 Å². The van der Waals surface area contributed by atoms with Gasteiger partial charge in [0, 0.05) is 25.0 Å². The summed E-state index contributed by atoms with van der Waals surface area (Å²) in [5, 5.41) is 2.58. The van der Waals surface area contributed by atoms with E-state index in [1.165, 1.54) is 22.9 Å². The fourth-order valence-electron chi connectivity index (χ4n) is 3.02. The number of rotatable bonds is 3. The lowest BCUT2D eigenvalue weighted by atomic mass is 10.3. The molecule has 1 aliphatic rings. The van der Waals surface area contributed by atoms with Crippen molar-refractivity contribution in [2.75, 3.05) is 23.3 Å².